The second-order valence-corrected chi connectivity index (χ2v) is 6.39. The first kappa shape index (κ1) is 18.1. The van der Waals surface area contributed by atoms with Gasteiger partial charge in [0.05, 0.1) is 24.3 Å². The molecule has 134 valence electrons. The van der Waals surface area contributed by atoms with E-state index in [2.05, 4.69) is 10.4 Å². The van der Waals surface area contributed by atoms with E-state index in [-0.39, 0.29) is 24.2 Å². The summed E-state index contributed by atoms with van der Waals surface area (Å²) in [6.45, 7) is 2.16. The van der Waals surface area contributed by atoms with Gasteiger partial charge in [-0.3, -0.25) is 9.48 Å². The van der Waals surface area contributed by atoms with Crippen LogP contribution in [0.25, 0.3) is 0 Å². The Morgan fingerprint density at radius 1 is 1.23 bits per heavy atom. The minimum Gasteiger partial charge on any atom is -0.323 e. The van der Waals surface area contributed by atoms with Crippen LogP contribution < -0.4 is 5.32 Å². The lowest BCUT2D eigenvalue weighted by Gasteiger charge is -2.14. The zero-order valence-electron chi connectivity index (χ0n) is 14.3. The third-order valence-electron chi connectivity index (χ3n) is 4.21. The van der Waals surface area contributed by atoms with E-state index in [1.807, 2.05) is 37.3 Å². The van der Waals surface area contributed by atoms with E-state index in [4.69, 9.17) is 11.6 Å². The van der Waals surface area contributed by atoms with Gasteiger partial charge in [0.25, 0.3) is 0 Å². The molecule has 3 aromatic rings. The molecule has 0 aliphatic rings. The molecule has 0 spiro atoms. The van der Waals surface area contributed by atoms with Crippen LogP contribution >= 0.6 is 11.6 Å². The number of aromatic nitrogens is 2. The summed E-state index contributed by atoms with van der Waals surface area (Å²) in [4.78, 5) is 12.6. The van der Waals surface area contributed by atoms with Crippen LogP contribution in [-0.4, -0.2) is 15.7 Å². The molecule has 0 saturated carbocycles. The fourth-order valence-electron chi connectivity index (χ4n) is 2.85. The van der Waals surface area contributed by atoms with Gasteiger partial charge in [0.15, 0.2) is 0 Å². The Balaban J connectivity index is 1.71. The van der Waals surface area contributed by atoms with Crippen molar-refractivity contribution in [2.75, 3.05) is 5.32 Å². The topological polar surface area (TPSA) is 46.9 Å². The smallest absolute Gasteiger partial charge is 0.231 e. The molecule has 2 aromatic carbocycles. The van der Waals surface area contributed by atoms with Crippen molar-refractivity contribution in [2.45, 2.75) is 25.8 Å². The maximum Gasteiger partial charge on any atom is 0.231 e. The normalized spacial score (nSPS) is 12.0. The maximum atomic E-state index is 13.9. The fraction of sp³-hybridized carbons (Fsp3) is 0.200. The molecule has 0 radical (unpaired) electrons. The summed E-state index contributed by atoms with van der Waals surface area (Å²) in [5, 5.41) is 7.41. The Hall–Kier alpha value is -2.66. The van der Waals surface area contributed by atoms with Gasteiger partial charge in [0, 0.05) is 16.8 Å². The van der Waals surface area contributed by atoms with E-state index in [1.54, 1.807) is 29.2 Å². The molecule has 0 bridgehead atoms. The third kappa shape index (κ3) is 4.11. The standard InChI is InChI=1S/C20H19ClFN3O/c1-2-16(14-7-4-3-5-8-14)20(26)24-15-11-23-25(12-15)13-17-18(21)9-6-10-19(17)22/h3-12,16H,2,13H2,1H3,(H,24,26). The quantitative estimate of drug-likeness (QED) is 0.672. The molecule has 1 unspecified atom stereocenters. The molecule has 0 fully saturated rings. The first-order valence-electron chi connectivity index (χ1n) is 8.39. The van der Waals surface area contributed by atoms with Crippen LogP contribution in [0.1, 0.15) is 30.4 Å². The van der Waals surface area contributed by atoms with E-state index in [1.165, 1.54) is 6.07 Å². The molecular formula is C20H19ClFN3O. The average molecular weight is 372 g/mol. The highest BCUT2D eigenvalue weighted by atomic mass is 35.5. The zero-order valence-corrected chi connectivity index (χ0v) is 15.1. The molecule has 0 aliphatic carbocycles. The third-order valence-corrected chi connectivity index (χ3v) is 4.56. The van der Waals surface area contributed by atoms with E-state index in [9.17, 15) is 9.18 Å². The van der Waals surface area contributed by atoms with E-state index in [0.29, 0.717) is 22.7 Å². The van der Waals surface area contributed by atoms with Crippen LogP contribution in [0.15, 0.2) is 60.9 Å². The number of carbonyl (C=O) groups is 1. The number of carbonyl (C=O) groups excluding carboxylic acids is 1. The number of rotatable bonds is 6. The monoisotopic (exact) mass is 371 g/mol. The second-order valence-electron chi connectivity index (χ2n) is 5.99. The molecule has 1 N–H and O–H groups in total. The van der Waals surface area contributed by atoms with Crippen molar-refractivity contribution in [2.24, 2.45) is 0 Å². The molecular weight excluding hydrogens is 353 g/mol. The highest BCUT2D eigenvalue weighted by molar-refractivity contribution is 6.31. The Bertz CT molecular complexity index is 875. The molecule has 4 nitrogen and oxygen atoms in total. The van der Waals surface area contributed by atoms with Crippen molar-refractivity contribution in [3.05, 3.63) is 82.9 Å². The lowest BCUT2D eigenvalue weighted by molar-refractivity contribution is -0.117. The number of anilines is 1. The number of nitrogens with one attached hydrogen (secondary N) is 1. The predicted octanol–water partition coefficient (Wildman–Crippen LogP) is 4.86. The summed E-state index contributed by atoms with van der Waals surface area (Å²) in [5.74, 6) is -0.712. The zero-order chi connectivity index (χ0) is 18.5. The van der Waals surface area contributed by atoms with Gasteiger partial charge in [-0.2, -0.15) is 5.10 Å². The number of benzene rings is 2. The summed E-state index contributed by atoms with van der Waals surface area (Å²) >= 11 is 6.05. The number of halogens is 2. The largest absolute Gasteiger partial charge is 0.323 e. The number of hydrogen-bond donors (Lipinski definition) is 1. The van der Waals surface area contributed by atoms with Crippen LogP contribution in [0.4, 0.5) is 10.1 Å². The van der Waals surface area contributed by atoms with E-state index in [0.717, 1.165) is 5.56 Å². The summed E-state index contributed by atoms with van der Waals surface area (Å²) < 4.78 is 15.4. The van der Waals surface area contributed by atoms with Crippen molar-refractivity contribution < 1.29 is 9.18 Å². The number of nitrogens with zero attached hydrogens (tertiary/aromatic N) is 2. The number of amides is 1. The molecule has 1 heterocycles. The van der Waals surface area contributed by atoms with Crippen LogP contribution in [0.3, 0.4) is 0 Å². The highest BCUT2D eigenvalue weighted by Crippen LogP contribution is 2.23. The van der Waals surface area contributed by atoms with Crippen molar-refractivity contribution >= 4 is 23.2 Å². The molecule has 6 heteroatoms. The minimum atomic E-state index is -0.381. The molecule has 1 aromatic heterocycles. The van der Waals surface area contributed by atoms with Crippen LogP contribution in [0.5, 0.6) is 0 Å². The lowest BCUT2D eigenvalue weighted by Crippen LogP contribution is -2.20. The van der Waals surface area contributed by atoms with E-state index < -0.39 is 0 Å². The Morgan fingerprint density at radius 3 is 2.69 bits per heavy atom. The summed E-state index contributed by atoms with van der Waals surface area (Å²) in [6.07, 6.45) is 3.90. The van der Waals surface area contributed by atoms with Gasteiger partial charge in [-0.1, -0.05) is 54.9 Å². The molecule has 1 atom stereocenters. The van der Waals surface area contributed by atoms with Crippen molar-refractivity contribution in [3.63, 3.8) is 0 Å². The Kier molecular flexibility index (Phi) is 5.68. The highest BCUT2D eigenvalue weighted by Gasteiger charge is 2.19. The fourth-order valence-corrected chi connectivity index (χ4v) is 3.07. The predicted molar refractivity (Wildman–Crippen MR) is 101 cm³/mol. The van der Waals surface area contributed by atoms with Gasteiger partial charge >= 0.3 is 0 Å². The van der Waals surface area contributed by atoms with Crippen molar-refractivity contribution in [1.29, 1.82) is 0 Å². The van der Waals surface area contributed by atoms with Gasteiger partial charge in [-0.25, -0.2) is 4.39 Å². The van der Waals surface area contributed by atoms with E-state index >= 15 is 0 Å². The van der Waals surface area contributed by atoms with Gasteiger partial charge in [0.1, 0.15) is 5.82 Å². The SMILES string of the molecule is CCC(C(=O)Nc1cnn(Cc2c(F)cccc2Cl)c1)c1ccccc1. The Labute approximate surface area is 156 Å². The van der Waals surface area contributed by atoms with Gasteiger partial charge in [-0.15, -0.1) is 0 Å². The molecule has 1 amide bonds. The van der Waals surface area contributed by atoms with Gasteiger partial charge in [-0.05, 0) is 24.1 Å². The molecule has 0 saturated heterocycles. The first-order valence-corrected chi connectivity index (χ1v) is 8.77. The average Bonchev–Trinajstić information content (AvgIpc) is 3.07. The van der Waals surface area contributed by atoms with Crippen LogP contribution in [0, 0.1) is 5.82 Å². The van der Waals surface area contributed by atoms with Gasteiger partial charge < -0.3 is 5.32 Å². The lowest BCUT2D eigenvalue weighted by atomic mass is 9.96. The van der Waals surface area contributed by atoms with Crippen LogP contribution in [0.2, 0.25) is 5.02 Å². The van der Waals surface area contributed by atoms with Crippen molar-refractivity contribution in [1.82, 2.24) is 9.78 Å². The number of hydrogen-bond acceptors (Lipinski definition) is 2. The maximum absolute atomic E-state index is 13.9. The molecule has 3 rings (SSSR count). The van der Waals surface area contributed by atoms with Crippen LogP contribution in [-0.2, 0) is 11.3 Å². The van der Waals surface area contributed by atoms with Gasteiger partial charge in [0.2, 0.25) is 5.91 Å². The minimum absolute atomic E-state index is 0.0952. The molecule has 0 aliphatic heterocycles. The molecule has 26 heavy (non-hydrogen) atoms. The first-order chi connectivity index (χ1) is 12.6. The Morgan fingerprint density at radius 2 is 2.00 bits per heavy atom. The summed E-state index contributed by atoms with van der Waals surface area (Å²) in [7, 11) is 0. The second kappa shape index (κ2) is 8.15. The summed E-state index contributed by atoms with van der Waals surface area (Å²) in [6, 6.07) is 14.2. The van der Waals surface area contributed by atoms with Crippen molar-refractivity contribution in [3.8, 4) is 0 Å². The summed E-state index contributed by atoms with van der Waals surface area (Å²) in [5.41, 5.74) is 1.90.